The fourth-order valence-electron chi connectivity index (χ4n) is 4.09. The summed E-state index contributed by atoms with van der Waals surface area (Å²) in [5.74, 6) is -0.351. The summed E-state index contributed by atoms with van der Waals surface area (Å²) in [5, 5.41) is 2.94. The van der Waals surface area contributed by atoms with Gasteiger partial charge in [0.05, 0.1) is 11.9 Å². The van der Waals surface area contributed by atoms with Crippen LogP contribution >= 0.6 is 0 Å². The third-order valence-corrected chi connectivity index (χ3v) is 7.04. The molecule has 0 saturated carbocycles. The molecule has 2 aromatic rings. The number of aryl methyl sites for hydroxylation is 2. The summed E-state index contributed by atoms with van der Waals surface area (Å²) in [6.45, 7) is 9.98. The molecule has 0 unspecified atom stereocenters. The molecule has 0 fully saturated rings. The van der Waals surface area contributed by atoms with E-state index >= 15 is 0 Å². The number of carbonyl (C=O) groups is 2. The van der Waals surface area contributed by atoms with E-state index in [1.807, 2.05) is 83.1 Å². The molecule has 0 heterocycles. The van der Waals surface area contributed by atoms with E-state index in [-0.39, 0.29) is 18.4 Å². The summed E-state index contributed by atoms with van der Waals surface area (Å²) < 4.78 is 26.8. The topological polar surface area (TPSA) is 86.8 Å². The lowest BCUT2D eigenvalue weighted by Gasteiger charge is -2.33. The Morgan fingerprint density at radius 1 is 0.971 bits per heavy atom. The molecule has 0 bridgehead atoms. The highest BCUT2D eigenvalue weighted by atomic mass is 32.2. The Hall–Kier alpha value is -2.87. The van der Waals surface area contributed by atoms with Crippen molar-refractivity contribution in [3.8, 4) is 0 Å². The van der Waals surface area contributed by atoms with Gasteiger partial charge in [-0.3, -0.25) is 13.9 Å². The van der Waals surface area contributed by atoms with Crippen LogP contribution < -0.4 is 9.62 Å². The quantitative estimate of drug-likeness (QED) is 0.481. The fourth-order valence-corrected chi connectivity index (χ4v) is 5.06. The van der Waals surface area contributed by atoms with Crippen molar-refractivity contribution in [1.29, 1.82) is 0 Å². The van der Waals surface area contributed by atoms with Gasteiger partial charge in [-0.1, -0.05) is 69.3 Å². The minimum absolute atomic E-state index is 0.222. The second kappa shape index (κ2) is 12.7. The van der Waals surface area contributed by atoms with Gasteiger partial charge in [-0.15, -0.1) is 0 Å². The van der Waals surface area contributed by atoms with E-state index < -0.39 is 22.0 Å². The molecule has 2 rings (SSSR count). The second-order valence-corrected chi connectivity index (χ2v) is 11.3. The molecule has 0 radical (unpaired) electrons. The highest BCUT2D eigenvalue weighted by Crippen LogP contribution is 2.27. The standard InChI is InChI=1S/C27H39N3O4S/c1-7-24(27(32)28-18-20(2)3)29(17-16-23-14-9-8-10-15-23)25(31)19-30(35(6,33)34)26-21(4)12-11-13-22(26)5/h8-15,20,24H,7,16-19H2,1-6H3,(H,28,32)/t24-/m1/s1. The predicted molar refractivity (Wildman–Crippen MR) is 142 cm³/mol. The van der Waals surface area contributed by atoms with Crippen LogP contribution in [0, 0.1) is 19.8 Å². The zero-order valence-corrected chi connectivity index (χ0v) is 22.6. The Bertz CT molecular complexity index is 1080. The van der Waals surface area contributed by atoms with Gasteiger partial charge in [-0.2, -0.15) is 0 Å². The molecule has 35 heavy (non-hydrogen) atoms. The molecule has 0 aromatic heterocycles. The minimum Gasteiger partial charge on any atom is -0.354 e. The number of hydrogen-bond acceptors (Lipinski definition) is 4. The average molecular weight is 502 g/mol. The van der Waals surface area contributed by atoms with Crippen LogP contribution in [0.3, 0.4) is 0 Å². The van der Waals surface area contributed by atoms with E-state index in [4.69, 9.17) is 0 Å². The van der Waals surface area contributed by atoms with Crippen LogP contribution in [0.25, 0.3) is 0 Å². The molecular weight excluding hydrogens is 462 g/mol. The molecule has 192 valence electrons. The first-order valence-electron chi connectivity index (χ1n) is 12.1. The number of benzene rings is 2. The Morgan fingerprint density at radius 3 is 2.09 bits per heavy atom. The van der Waals surface area contributed by atoms with Crippen molar-refractivity contribution >= 4 is 27.5 Å². The third kappa shape index (κ3) is 8.09. The van der Waals surface area contributed by atoms with E-state index in [9.17, 15) is 18.0 Å². The highest BCUT2D eigenvalue weighted by molar-refractivity contribution is 7.92. The Kier molecular flexibility index (Phi) is 10.3. The third-order valence-electron chi connectivity index (χ3n) is 5.92. The summed E-state index contributed by atoms with van der Waals surface area (Å²) >= 11 is 0. The summed E-state index contributed by atoms with van der Waals surface area (Å²) in [6.07, 6.45) is 2.09. The SMILES string of the molecule is CC[C@H](C(=O)NCC(C)C)N(CCc1ccccc1)C(=O)CN(c1c(C)cccc1C)S(C)(=O)=O. The highest BCUT2D eigenvalue weighted by Gasteiger charge is 2.32. The number of nitrogens with one attached hydrogen (secondary N) is 1. The molecule has 0 spiro atoms. The van der Waals surface area contributed by atoms with Gasteiger partial charge in [0.15, 0.2) is 0 Å². The monoisotopic (exact) mass is 501 g/mol. The van der Waals surface area contributed by atoms with Crippen LogP contribution in [-0.2, 0) is 26.0 Å². The molecule has 2 aromatic carbocycles. The first kappa shape index (κ1) is 28.4. The van der Waals surface area contributed by atoms with Crippen molar-refractivity contribution in [1.82, 2.24) is 10.2 Å². The normalized spacial score (nSPS) is 12.3. The summed E-state index contributed by atoms with van der Waals surface area (Å²) in [7, 11) is -3.75. The number of hydrogen-bond donors (Lipinski definition) is 1. The Morgan fingerprint density at radius 2 is 1.57 bits per heavy atom. The van der Waals surface area contributed by atoms with Gasteiger partial charge < -0.3 is 10.2 Å². The maximum atomic E-state index is 13.7. The van der Waals surface area contributed by atoms with Crippen LogP contribution in [0.5, 0.6) is 0 Å². The summed E-state index contributed by atoms with van der Waals surface area (Å²) in [6, 6.07) is 14.6. The molecule has 2 amide bonds. The molecular formula is C27H39N3O4S. The molecule has 7 nitrogen and oxygen atoms in total. The number of rotatable bonds is 12. The van der Waals surface area contributed by atoms with Crippen molar-refractivity contribution in [2.75, 3.05) is 30.2 Å². The first-order valence-corrected chi connectivity index (χ1v) is 14.0. The van der Waals surface area contributed by atoms with E-state index in [1.54, 1.807) is 0 Å². The zero-order chi connectivity index (χ0) is 26.2. The molecule has 0 aliphatic carbocycles. The average Bonchev–Trinajstić information content (AvgIpc) is 2.79. The second-order valence-electron chi connectivity index (χ2n) is 9.40. The van der Waals surface area contributed by atoms with Gasteiger partial charge in [0.2, 0.25) is 21.8 Å². The fraction of sp³-hybridized carbons (Fsp3) is 0.481. The number of sulfonamides is 1. The van der Waals surface area contributed by atoms with Gasteiger partial charge in [0, 0.05) is 13.1 Å². The van der Waals surface area contributed by atoms with Crippen molar-refractivity contribution < 1.29 is 18.0 Å². The van der Waals surface area contributed by atoms with Gasteiger partial charge in [-0.05, 0) is 49.3 Å². The predicted octanol–water partition coefficient (Wildman–Crippen LogP) is 3.69. The van der Waals surface area contributed by atoms with Crippen molar-refractivity contribution in [2.24, 2.45) is 5.92 Å². The van der Waals surface area contributed by atoms with Gasteiger partial charge >= 0.3 is 0 Å². The smallest absolute Gasteiger partial charge is 0.244 e. The molecule has 0 saturated heterocycles. The first-order chi connectivity index (χ1) is 16.5. The zero-order valence-electron chi connectivity index (χ0n) is 21.7. The maximum Gasteiger partial charge on any atom is 0.244 e. The largest absolute Gasteiger partial charge is 0.354 e. The molecule has 0 aliphatic heterocycles. The lowest BCUT2D eigenvalue weighted by Crippen LogP contribution is -2.53. The van der Waals surface area contributed by atoms with Crippen molar-refractivity contribution in [2.45, 2.75) is 53.5 Å². The van der Waals surface area contributed by atoms with Crippen molar-refractivity contribution in [3.05, 3.63) is 65.2 Å². The van der Waals surface area contributed by atoms with E-state index in [1.165, 1.54) is 4.90 Å². The number of nitrogens with zero attached hydrogens (tertiary/aromatic N) is 2. The molecule has 1 atom stereocenters. The van der Waals surface area contributed by atoms with Crippen LogP contribution in [0.15, 0.2) is 48.5 Å². The van der Waals surface area contributed by atoms with Crippen LogP contribution in [0.2, 0.25) is 0 Å². The van der Waals surface area contributed by atoms with E-state index in [0.29, 0.717) is 31.6 Å². The summed E-state index contributed by atoms with van der Waals surface area (Å²) in [5.41, 5.74) is 3.07. The minimum atomic E-state index is -3.75. The number of amides is 2. The summed E-state index contributed by atoms with van der Waals surface area (Å²) in [4.78, 5) is 28.3. The lowest BCUT2D eigenvalue weighted by atomic mass is 10.1. The van der Waals surface area contributed by atoms with Crippen LogP contribution in [0.1, 0.15) is 43.9 Å². The van der Waals surface area contributed by atoms with Crippen molar-refractivity contribution in [3.63, 3.8) is 0 Å². The maximum absolute atomic E-state index is 13.7. The van der Waals surface area contributed by atoms with E-state index in [0.717, 1.165) is 27.3 Å². The Labute approximate surface area is 210 Å². The van der Waals surface area contributed by atoms with Crippen LogP contribution in [-0.4, -0.2) is 57.1 Å². The molecule has 0 aliphatic rings. The lowest BCUT2D eigenvalue weighted by molar-refractivity contribution is -0.139. The Balaban J connectivity index is 2.40. The number of para-hydroxylation sites is 1. The number of anilines is 1. The van der Waals surface area contributed by atoms with Gasteiger partial charge in [-0.25, -0.2) is 8.42 Å². The van der Waals surface area contributed by atoms with Crippen LogP contribution in [0.4, 0.5) is 5.69 Å². The van der Waals surface area contributed by atoms with Gasteiger partial charge in [0.1, 0.15) is 12.6 Å². The molecule has 1 N–H and O–H groups in total. The molecule has 8 heteroatoms. The van der Waals surface area contributed by atoms with Gasteiger partial charge in [0.25, 0.3) is 0 Å². The number of carbonyl (C=O) groups excluding carboxylic acids is 2. The van der Waals surface area contributed by atoms with E-state index in [2.05, 4.69) is 5.32 Å².